The number of benzene rings is 1. The molecule has 6 nitrogen and oxygen atoms in total. The molecule has 9 heteroatoms. The molecule has 2 N–H and O–H groups in total. The first-order chi connectivity index (χ1) is 9.83. The highest BCUT2D eigenvalue weighted by atomic mass is 32.2. The average Bonchev–Trinajstić information content (AvgIpc) is 2.74. The molecule has 0 spiro atoms. The standard InChI is InChI=1S/C12H14F2N2O4S/c13-8-2-3-9(17)11(14)10(8)12(18)15-4-6-16-5-1-7-21(16,19)20/h2-3,17H,1,4-7H2,(H,15,18). The molecule has 1 aliphatic rings. The maximum absolute atomic E-state index is 13.5. The van der Waals surface area contributed by atoms with Crippen molar-refractivity contribution in [1.29, 1.82) is 0 Å². The van der Waals surface area contributed by atoms with E-state index in [0.717, 1.165) is 12.1 Å². The molecule has 1 aromatic carbocycles. The molecule has 116 valence electrons. The van der Waals surface area contributed by atoms with E-state index < -0.39 is 38.9 Å². The van der Waals surface area contributed by atoms with Gasteiger partial charge in [0.05, 0.1) is 5.75 Å². The lowest BCUT2D eigenvalue weighted by atomic mass is 10.1. The largest absolute Gasteiger partial charge is 0.505 e. The highest BCUT2D eigenvalue weighted by Gasteiger charge is 2.28. The first-order valence-corrected chi connectivity index (χ1v) is 7.87. The fourth-order valence-corrected chi connectivity index (χ4v) is 3.60. The van der Waals surface area contributed by atoms with E-state index in [4.69, 9.17) is 5.11 Å². The van der Waals surface area contributed by atoms with Gasteiger partial charge in [-0.05, 0) is 18.6 Å². The summed E-state index contributed by atoms with van der Waals surface area (Å²) in [5, 5.41) is 11.4. The van der Waals surface area contributed by atoms with Gasteiger partial charge in [-0.25, -0.2) is 21.5 Å². The molecular weight excluding hydrogens is 306 g/mol. The lowest BCUT2D eigenvalue weighted by Crippen LogP contribution is -2.36. The van der Waals surface area contributed by atoms with Crippen molar-refractivity contribution >= 4 is 15.9 Å². The van der Waals surface area contributed by atoms with Gasteiger partial charge in [-0.1, -0.05) is 0 Å². The Kier molecular flexibility index (Phi) is 4.43. The van der Waals surface area contributed by atoms with Gasteiger partial charge in [0.25, 0.3) is 5.91 Å². The summed E-state index contributed by atoms with van der Waals surface area (Å²) in [7, 11) is -3.28. The summed E-state index contributed by atoms with van der Waals surface area (Å²) >= 11 is 0. The molecule has 0 unspecified atom stereocenters. The fourth-order valence-electron chi connectivity index (χ4n) is 2.07. The second-order valence-electron chi connectivity index (χ2n) is 4.58. The summed E-state index contributed by atoms with van der Waals surface area (Å²) < 4.78 is 51.2. The molecule has 1 aromatic rings. The third-order valence-corrected chi connectivity index (χ3v) is 5.10. The van der Waals surface area contributed by atoms with Crippen LogP contribution in [-0.4, -0.2) is 49.1 Å². The second kappa shape index (κ2) is 5.94. The van der Waals surface area contributed by atoms with Crippen molar-refractivity contribution in [3.8, 4) is 5.75 Å². The molecule has 0 aromatic heterocycles. The Balaban J connectivity index is 1.99. The molecular formula is C12H14F2N2O4S. The zero-order valence-corrected chi connectivity index (χ0v) is 11.8. The molecule has 1 fully saturated rings. The fraction of sp³-hybridized carbons (Fsp3) is 0.417. The Labute approximate surface area is 120 Å². The van der Waals surface area contributed by atoms with Crippen molar-refractivity contribution in [3.05, 3.63) is 29.3 Å². The van der Waals surface area contributed by atoms with Gasteiger partial charge in [0.1, 0.15) is 11.4 Å². The summed E-state index contributed by atoms with van der Waals surface area (Å²) in [5.41, 5.74) is -0.890. The van der Waals surface area contributed by atoms with Crippen LogP contribution in [0.25, 0.3) is 0 Å². The predicted octanol–water partition coefficient (Wildman–Crippen LogP) is 0.436. The molecule has 0 saturated carbocycles. The number of rotatable bonds is 4. The third-order valence-electron chi connectivity index (χ3n) is 3.15. The van der Waals surface area contributed by atoms with Crippen LogP contribution in [0, 0.1) is 11.6 Å². The predicted molar refractivity (Wildman–Crippen MR) is 70.3 cm³/mol. The normalized spacial score (nSPS) is 17.8. The van der Waals surface area contributed by atoms with Gasteiger partial charge in [0.15, 0.2) is 11.6 Å². The van der Waals surface area contributed by atoms with E-state index in [1.807, 2.05) is 0 Å². The molecule has 0 bridgehead atoms. The number of aromatic hydroxyl groups is 1. The Bertz CT molecular complexity index is 663. The van der Waals surface area contributed by atoms with Crippen molar-refractivity contribution in [3.63, 3.8) is 0 Å². The number of amides is 1. The van der Waals surface area contributed by atoms with Gasteiger partial charge < -0.3 is 10.4 Å². The maximum Gasteiger partial charge on any atom is 0.257 e. The molecule has 1 saturated heterocycles. The van der Waals surface area contributed by atoms with Crippen molar-refractivity contribution in [1.82, 2.24) is 9.62 Å². The number of nitrogens with one attached hydrogen (secondary N) is 1. The van der Waals surface area contributed by atoms with Crippen LogP contribution in [0.5, 0.6) is 5.75 Å². The van der Waals surface area contributed by atoms with Crippen LogP contribution in [0.15, 0.2) is 12.1 Å². The quantitative estimate of drug-likeness (QED) is 0.842. The minimum absolute atomic E-state index is 0.0378. The number of halogens is 2. The lowest BCUT2D eigenvalue weighted by molar-refractivity contribution is 0.0942. The summed E-state index contributed by atoms with van der Waals surface area (Å²) in [6, 6.07) is 1.58. The first-order valence-electron chi connectivity index (χ1n) is 6.26. The SMILES string of the molecule is O=C(NCCN1CCCS1(=O)=O)c1c(F)ccc(O)c1F. The van der Waals surface area contributed by atoms with Gasteiger partial charge >= 0.3 is 0 Å². The lowest BCUT2D eigenvalue weighted by Gasteiger charge is -2.14. The van der Waals surface area contributed by atoms with E-state index in [1.54, 1.807) is 0 Å². The number of hydrogen-bond donors (Lipinski definition) is 2. The minimum atomic E-state index is -3.28. The van der Waals surface area contributed by atoms with Crippen LogP contribution in [0.3, 0.4) is 0 Å². The van der Waals surface area contributed by atoms with Crippen LogP contribution in [-0.2, 0) is 10.0 Å². The summed E-state index contributed by atoms with van der Waals surface area (Å²) in [5.74, 6) is -4.25. The average molecular weight is 320 g/mol. The Hall–Kier alpha value is -1.74. The molecule has 0 atom stereocenters. The van der Waals surface area contributed by atoms with E-state index in [2.05, 4.69) is 5.32 Å². The third kappa shape index (κ3) is 3.30. The summed E-state index contributed by atoms with van der Waals surface area (Å²) in [4.78, 5) is 11.7. The van der Waals surface area contributed by atoms with E-state index >= 15 is 0 Å². The van der Waals surface area contributed by atoms with Crippen LogP contribution >= 0.6 is 0 Å². The number of nitrogens with zero attached hydrogens (tertiary/aromatic N) is 1. The van der Waals surface area contributed by atoms with Crippen LogP contribution < -0.4 is 5.32 Å². The highest BCUT2D eigenvalue weighted by Crippen LogP contribution is 2.21. The molecule has 0 radical (unpaired) electrons. The molecule has 0 aliphatic carbocycles. The Morgan fingerprint density at radius 3 is 2.71 bits per heavy atom. The molecule has 1 heterocycles. The van der Waals surface area contributed by atoms with Gasteiger partial charge in [-0.2, -0.15) is 0 Å². The maximum atomic E-state index is 13.5. The van der Waals surface area contributed by atoms with Crippen LogP contribution in [0.2, 0.25) is 0 Å². The Morgan fingerprint density at radius 2 is 2.10 bits per heavy atom. The van der Waals surface area contributed by atoms with Crippen molar-refractivity contribution in [2.24, 2.45) is 0 Å². The molecule has 2 rings (SSSR count). The van der Waals surface area contributed by atoms with Gasteiger partial charge in [-0.15, -0.1) is 0 Å². The first kappa shape index (κ1) is 15.6. The zero-order chi connectivity index (χ0) is 15.6. The number of carbonyl (C=O) groups excluding carboxylic acids is 1. The zero-order valence-electron chi connectivity index (χ0n) is 11.0. The van der Waals surface area contributed by atoms with Crippen molar-refractivity contribution < 1.29 is 27.1 Å². The van der Waals surface area contributed by atoms with Gasteiger partial charge in [-0.3, -0.25) is 4.79 Å². The number of hydrogen-bond acceptors (Lipinski definition) is 4. The van der Waals surface area contributed by atoms with Gasteiger partial charge in [0, 0.05) is 19.6 Å². The number of phenols is 1. The van der Waals surface area contributed by atoms with E-state index in [1.165, 1.54) is 4.31 Å². The second-order valence-corrected chi connectivity index (χ2v) is 6.67. The van der Waals surface area contributed by atoms with Gasteiger partial charge in [0.2, 0.25) is 10.0 Å². The Morgan fingerprint density at radius 1 is 1.38 bits per heavy atom. The topological polar surface area (TPSA) is 86.7 Å². The summed E-state index contributed by atoms with van der Waals surface area (Å²) in [6.45, 7) is 0.329. The van der Waals surface area contributed by atoms with E-state index in [0.29, 0.717) is 13.0 Å². The number of phenolic OH excluding ortho intramolecular Hbond substituents is 1. The highest BCUT2D eigenvalue weighted by molar-refractivity contribution is 7.89. The van der Waals surface area contributed by atoms with Crippen LogP contribution in [0.4, 0.5) is 8.78 Å². The van der Waals surface area contributed by atoms with E-state index in [9.17, 15) is 22.0 Å². The van der Waals surface area contributed by atoms with Crippen molar-refractivity contribution in [2.45, 2.75) is 6.42 Å². The molecule has 1 amide bonds. The summed E-state index contributed by atoms with van der Waals surface area (Å²) in [6.07, 6.45) is 0.520. The smallest absolute Gasteiger partial charge is 0.257 e. The monoisotopic (exact) mass is 320 g/mol. The van der Waals surface area contributed by atoms with E-state index in [-0.39, 0.29) is 18.8 Å². The molecule has 21 heavy (non-hydrogen) atoms. The number of carbonyl (C=O) groups is 1. The number of sulfonamides is 1. The van der Waals surface area contributed by atoms with Crippen molar-refractivity contribution in [2.75, 3.05) is 25.4 Å². The minimum Gasteiger partial charge on any atom is -0.505 e. The molecule has 1 aliphatic heterocycles. The van der Waals surface area contributed by atoms with Crippen LogP contribution in [0.1, 0.15) is 16.8 Å².